The molecule has 3 amide bonds. The number of aryl methyl sites for hydroxylation is 1. The van der Waals surface area contributed by atoms with Crippen LogP contribution < -0.4 is 15.5 Å². The highest BCUT2D eigenvalue weighted by molar-refractivity contribution is 5.97. The van der Waals surface area contributed by atoms with Crippen LogP contribution in [0.3, 0.4) is 0 Å². The lowest BCUT2D eigenvalue weighted by Crippen LogP contribution is -2.39. The second-order valence-electron chi connectivity index (χ2n) is 6.23. The minimum absolute atomic E-state index is 0.132. The third-order valence-electron chi connectivity index (χ3n) is 4.62. The Morgan fingerprint density at radius 3 is 2.73 bits per heavy atom. The standard InChI is InChI=1S/C17H23N3O2/c1-20-15-9-8-14(11-12(15)7-10-16(20)21)19-17(22)18-13-5-3-2-4-6-13/h8-9,11,13H,2-7,10H2,1H3,(H2,18,19,22). The minimum Gasteiger partial charge on any atom is -0.335 e. The molecule has 1 aliphatic carbocycles. The van der Waals surface area contributed by atoms with E-state index < -0.39 is 0 Å². The summed E-state index contributed by atoms with van der Waals surface area (Å²) in [6, 6.07) is 5.90. The van der Waals surface area contributed by atoms with Gasteiger partial charge in [-0.15, -0.1) is 0 Å². The second-order valence-corrected chi connectivity index (χ2v) is 6.23. The Morgan fingerprint density at radius 1 is 1.18 bits per heavy atom. The molecule has 1 aliphatic heterocycles. The summed E-state index contributed by atoms with van der Waals surface area (Å²) in [5, 5.41) is 5.96. The van der Waals surface area contributed by atoms with Crippen molar-refractivity contribution < 1.29 is 9.59 Å². The number of urea groups is 1. The molecule has 0 aromatic heterocycles. The number of nitrogens with zero attached hydrogens (tertiary/aromatic N) is 1. The number of carbonyl (C=O) groups is 2. The molecule has 0 radical (unpaired) electrons. The van der Waals surface area contributed by atoms with Gasteiger partial charge in [-0.1, -0.05) is 19.3 Å². The third kappa shape index (κ3) is 3.24. The van der Waals surface area contributed by atoms with Gasteiger partial charge in [0.05, 0.1) is 0 Å². The lowest BCUT2D eigenvalue weighted by Gasteiger charge is -2.26. The van der Waals surface area contributed by atoms with E-state index in [1.54, 1.807) is 11.9 Å². The lowest BCUT2D eigenvalue weighted by atomic mass is 9.96. The lowest BCUT2D eigenvalue weighted by molar-refractivity contribution is -0.118. The van der Waals surface area contributed by atoms with E-state index in [-0.39, 0.29) is 11.9 Å². The first-order valence-electron chi connectivity index (χ1n) is 8.10. The van der Waals surface area contributed by atoms with Gasteiger partial charge in [0.25, 0.3) is 0 Å². The number of fused-ring (bicyclic) bond motifs is 1. The maximum absolute atomic E-state index is 12.1. The fraction of sp³-hybridized carbons (Fsp3) is 0.529. The maximum Gasteiger partial charge on any atom is 0.319 e. The summed E-state index contributed by atoms with van der Waals surface area (Å²) >= 11 is 0. The molecule has 1 aromatic rings. The zero-order valence-electron chi connectivity index (χ0n) is 13.0. The maximum atomic E-state index is 12.1. The fourth-order valence-corrected chi connectivity index (χ4v) is 3.33. The van der Waals surface area contributed by atoms with E-state index in [9.17, 15) is 9.59 Å². The first-order valence-corrected chi connectivity index (χ1v) is 8.10. The molecule has 5 nitrogen and oxygen atoms in total. The summed E-state index contributed by atoms with van der Waals surface area (Å²) < 4.78 is 0. The molecule has 2 aliphatic rings. The molecule has 22 heavy (non-hydrogen) atoms. The molecule has 5 heteroatoms. The van der Waals surface area contributed by atoms with E-state index >= 15 is 0 Å². The number of carbonyl (C=O) groups excluding carboxylic acids is 2. The zero-order chi connectivity index (χ0) is 15.5. The first kappa shape index (κ1) is 14.9. The Balaban J connectivity index is 1.63. The SMILES string of the molecule is CN1C(=O)CCc2cc(NC(=O)NC3CCCCC3)ccc21. The van der Waals surface area contributed by atoms with Gasteiger partial charge in [0, 0.05) is 30.9 Å². The minimum atomic E-state index is -0.132. The Kier molecular flexibility index (Phi) is 4.32. The highest BCUT2D eigenvalue weighted by Crippen LogP contribution is 2.29. The quantitative estimate of drug-likeness (QED) is 0.882. The van der Waals surface area contributed by atoms with Gasteiger partial charge < -0.3 is 15.5 Å². The summed E-state index contributed by atoms with van der Waals surface area (Å²) in [5.74, 6) is 0.142. The van der Waals surface area contributed by atoms with Gasteiger partial charge in [0.1, 0.15) is 0 Å². The van der Waals surface area contributed by atoms with Crippen molar-refractivity contribution in [1.82, 2.24) is 5.32 Å². The van der Waals surface area contributed by atoms with Gasteiger partial charge in [-0.2, -0.15) is 0 Å². The van der Waals surface area contributed by atoms with Crippen molar-refractivity contribution in [3.63, 3.8) is 0 Å². The van der Waals surface area contributed by atoms with E-state index in [1.807, 2.05) is 18.2 Å². The molecule has 1 fully saturated rings. The Labute approximate surface area is 131 Å². The molecule has 0 unspecified atom stereocenters. The summed E-state index contributed by atoms with van der Waals surface area (Å²) in [5.41, 5.74) is 2.84. The fourth-order valence-electron chi connectivity index (χ4n) is 3.33. The van der Waals surface area contributed by atoms with Crippen LogP contribution in [0.2, 0.25) is 0 Å². The molecule has 0 saturated heterocycles. The number of anilines is 2. The van der Waals surface area contributed by atoms with Crippen LogP contribution >= 0.6 is 0 Å². The van der Waals surface area contributed by atoms with Crippen molar-refractivity contribution in [1.29, 1.82) is 0 Å². The van der Waals surface area contributed by atoms with Crippen molar-refractivity contribution in [2.75, 3.05) is 17.3 Å². The van der Waals surface area contributed by atoms with Gasteiger partial charge in [0.15, 0.2) is 0 Å². The Hall–Kier alpha value is -2.04. The van der Waals surface area contributed by atoms with Crippen LogP contribution in [0.4, 0.5) is 16.2 Å². The predicted molar refractivity (Wildman–Crippen MR) is 87.2 cm³/mol. The van der Waals surface area contributed by atoms with Crippen molar-refractivity contribution in [2.24, 2.45) is 0 Å². The van der Waals surface area contributed by atoms with Crippen molar-refractivity contribution in [3.05, 3.63) is 23.8 Å². The number of hydrogen-bond donors (Lipinski definition) is 2. The number of benzene rings is 1. The van der Waals surface area contributed by atoms with Crippen molar-refractivity contribution in [2.45, 2.75) is 51.0 Å². The van der Waals surface area contributed by atoms with Crippen LogP contribution in [0.15, 0.2) is 18.2 Å². The largest absolute Gasteiger partial charge is 0.335 e. The van der Waals surface area contributed by atoms with E-state index in [0.29, 0.717) is 12.5 Å². The summed E-state index contributed by atoms with van der Waals surface area (Å²) in [6.45, 7) is 0. The smallest absolute Gasteiger partial charge is 0.319 e. The van der Waals surface area contributed by atoms with Gasteiger partial charge in [-0.3, -0.25) is 4.79 Å². The number of hydrogen-bond acceptors (Lipinski definition) is 2. The normalized spacial score (nSPS) is 18.8. The summed E-state index contributed by atoms with van der Waals surface area (Å²) in [4.78, 5) is 25.5. The van der Waals surface area contributed by atoms with Crippen LogP contribution in [-0.2, 0) is 11.2 Å². The molecule has 0 atom stereocenters. The van der Waals surface area contributed by atoms with E-state index in [0.717, 1.165) is 36.2 Å². The molecule has 118 valence electrons. The monoisotopic (exact) mass is 301 g/mol. The topological polar surface area (TPSA) is 61.4 Å². The first-order chi connectivity index (χ1) is 10.6. The molecule has 3 rings (SSSR count). The van der Waals surface area contributed by atoms with E-state index in [2.05, 4.69) is 10.6 Å². The van der Waals surface area contributed by atoms with Gasteiger partial charge >= 0.3 is 6.03 Å². The Morgan fingerprint density at radius 2 is 1.95 bits per heavy atom. The predicted octanol–water partition coefficient (Wildman–Crippen LogP) is 3.05. The molecular formula is C17H23N3O2. The molecule has 0 bridgehead atoms. The third-order valence-corrected chi connectivity index (χ3v) is 4.62. The van der Waals surface area contributed by atoms with Crippen LogP contribution in [0, 0.1) is 0 Å². The number of amides is 3. The van der Waals surface area contributed by atoms with Crippen LogP contribution in [-0.4, -0.2) is 25.0 Å². The van der Waals surface area contributed by atoms with Crippen LogP contribution in [0.1, 0.15) is 44.1 Å². The zero-order valence-corrected chi connectivity index (χ0v) is 13.0. The average Bonchev–Trinajstić information content (AvgIpc) is 2.52. The van der Waals surface area contributed by atoms with E-state index in [4.69, 9.17) is 0 Å². The van der Waals surface area contributed by atoms with Crippen LogP contribution in [0.25, 0.3) is 0 Å². The molecule has 1 saturated carbocycles. The second kappa shape index (κ2) is 6.38. The highest BCUT2D eigenvalue weighted by Gasteiger charge is 2.21. The van der Waals surface area contributed by atoms with E-state index in [1.165, 1.54) is 19.3 Å². The molecule has 2 N–H and O–H groups in total. The number of nitrogens with one attached hydrogen (secondary N) is 2. The highest BCUT2D eigenvalue weighted by atomic mass is 16.2. The van der Waals surface area contributed by atoms with Gasteiger partial charge in [-0.25, -0.2) is 4.79 Å². The Bertz CT molecular complexity index is 579. The summed E-state index contributed by atoms with van der Waals surface area (Å²) in [6.07, 6.45) is 7.08. The summed E-state index contributed by atoms with van der Waals surface area (Å²) in [7, 11) is 1.79. The van der Waals surface area contributed by atoms with Crippen LogP contribution in [0.5, 0.6) is 0 Å². The molecule has 0 spiro atoms. The molecular weight excluding hydrogens is 278 g/mol. The van der Waals surface area contributed by atoms with Crippen molar-refractivity contribution >= 4 is 23.3 Å². The van der Waals surface area contributed by atoms with Gasteiger partial charge in [-0.05, 0) is 43.0 Å². The van der Waals surface area contributed by atoms with Gasteiger partial charge in [0.2, 0.25) is 5.91 Å². The molecule has 1 heterocycles. The number of rotatable bonds is 2. The average molecular weight is 301 g/mol. The van der Waals surface area contributed by atoms with Crippen molar-refractivity contribution in [3.8, 4) is 0 Å². The molecule has 1 aromatic carbocycles.